The van der Waals surface area contributed by atoms with E-state index in [0.717, 1.165) is 11.6 Å². The van der Waals surface area contributed by atoms with Gasteiger partial charge >= 0.3 is 0 Å². The van der Waals surface area contributed by atoms with Crippen LogP contribution in [-0.4, -0.2) is 9.97 Å². The third-order valence-corrected chi connectivity index (χ3v) is 3.44. The first kappa shape index (κ1) is 7.79. The lowest BCUT2D eigenvalue weighted by molar-refractivity contribution is 1.11. The van der Waals surface area contributed by atoms with E-state index in [1.165, 1.54) is 27.4 Å². The number of aromatic amines is 1. The topological polar surface area (TPSA) is 28.7 Å². The molecule has 13 heavy (non-hydrogen) atoms. The van der Waals surface area contributed by atoms with Gasteiger partial charge in [-0.3, -0.25) is 0 Å². The zero-order valence-electron chi connectivity index (χ0n) is 7.05. The van der Waals surface area contributed by atoms with Crippen molar-refractivity contribution in [3.8, 4) is 0 Å². The Balaban J connectivity index is 2.24. The largest absolute Gasteiger partial charge is 0.345 e. The van der Waals surface area contributed by atoms with E-state index in [-0.39, 0.29) is 0 Å². The smallest absolute Gasteiger partial charge is 0.138 e. The van der Waals surface area contributed by atoms with E-state index >= 15 is 0 Å². The third kappa shape index (κ3) is 1.25. The van der Waals surface area contributed by atoms with Crippen LogP contribution in [0.2, 0.25) is 0 Å². The summed E-state index contributed by atoms with van der Waals surface area (Å²) in [4.78, 5) is 7.56. The van der Waals surface area contributed by atoms with Crippen LogP contribution < -0.4 is 0 Å². The Morgan fingerprint density at radius 1 is 1.46 bits per heavy atom. The number of hydrogen-bond donors (Lipinski definition) is 1. The van der Waals surface area contributed by atoms with Gasteiger partial charge in [-0.15, -0.1) is 0 Å². The Morgan fingerprint density at radius 2 is 2.31 bits per heavy atom. The molecular weight excluding hydrogens is 275 g/mol. The predicted octanol–water partition coefficient (Wildman–Crippen LogP) is 3.04. The first-order chi connectivity index (χ1) is 6.34. The molecule has 3 heteroatoms. The Labute approximate surface area is 89.9 Å². The van der Waals surface area contributed by atoms with E-state index in [4.69, 9.17) is 0 Å². The van der Waals surface area contributed by atoms with Gasteiger partial charge in [0.05, 0.1) is 0 Å². The van der Waals surface area contributed by atoms with E-state index in [1.54, 1.807) is 0 Å². The molecule has 0 spiro atoms. The minimum Gasteiger partial charge on any atom is -0.345 e. The molecule has 0 saturated heterocycles. The zero-order chi connectivity index (χ0) is 8.84. The van der Waals surface area contributed by atoms with Crippen molar-refractivity contribution < 1.29 is 0 Å². The van der Waals surface area contributed by atoms with Gasteiger partial charge in [0.15, 0.2) is 0 Å². The van der Waals surface area contributed by atoms with Crippen molar-refractivity contribution in [3.05, 3.63) is 27.6 Å². The van der Waals surface area contributed by atoms with Crippen LogP contribution in [0.25, 0.3) is 11.0 Å². The molecule has 2 heterocycles. The van der Waals surface area contributed by atoms with Gasteiger partial charge in [0.25, 0.3) is 0 Å². The van der Waals surface area contributed by atoms with Crippen molar-refractivity contribution in [1.82, 2.24) is 9.97 Å². The number of nitrogens with one attached hydrogen (secondary N) is 1. The number of H-pyrrole nitrogens is 1. The predicted molar refractivity (Wildman–Crippen MR) is 60.8 cm³/mol. The molecule has 1 saturated carbocycles. The van der Waals surface area contributed by atoms with E-state index in [1.807, 2.05) is 12.4 Å². The van der Waals surface area contributed by atoms with Crippen LogP contribution in [0, 0.1) is 3.57 Å². The number of nitrogens with zero attached hydrogens (tertiary/aromatic N) is 1. The summed E-state index contributed by atoms with van der Waals surface area (Å²) in [6.45, 7) is 0. The van der Waals surface area contributed by atoms with Crippen molar-refractivity contribution in [2.45, 2.75) is 18.8 Å². The fourth-order valence-corrected chi connectivity index (χ4v) is 2.19. The minimum absolute atomic E-state index is 0.794. The van der Waals surface area contributed by atoms with Crippen LogP contribution in [0.15, 0.2) is 18.5 Å². The van der Waals surface area contributed by atoms with Gasteiger partial charge in [-0.1, -0.05) is 0 Å². The second kappa shape index (κ2) is 2.70. The number of halogens is 1. The number of aromatic nitrogens is 2. The van der Waals surface area contributed by atoms with Gasteiger partial charge in [-0.2, -0.15) is 0 Å². The van der Waals surface area contributed by atoms with Crippen LogP contribution in [0.3, 0.4) is 0 Å². The maximum atomic E-state index is 4.40. The van der Waals surface area contributed by atoms with Crippen LogP contribution in [0.1, 0.15) is 24.3 Å². The van der Waals surface area contributed by atoms with Gasteiger partial charge in [-0.25, -0.2) is 4.98 Å². The van der Waals surface area contributed by atoms with Gasteiger partial charge in [0.2, 0.25) is 0 Å². The van der Waals surface area contributed by atoms with E-state index in [2.05, 4.69) is 38.6 Å². The summed E-state index contributed by atoms with van der Waals surface area (Å²) in [6, 6.07) is 2.28. The molecule has 0 aliphatic heterocycles. The van der Waals surface area contributed by atoms with E-state index in [9.17, 15) is 0 Å². The Morgan fingerprint density at radius 3 is 3.08 bits per heavy atom. The minimum atomic E-state index is 0.794. The van der Waals surface area contributed by atoms with Crippen LogP contribution in [0.4, 0.5) is 0 Å². The fraction of sp³-hybridized carbons (Fsp3) is 0.300. The molecule has 0 atom stereocenters. The van der Waals surface area contributed by atoms with Crippen molar-refractivity contribution in [3.63, 3.8) is 0 Å². The summed E-state index contributed by atoms with van der Waals surface area (Å²) < 4.78 is 1.27. The summed E-state index contributed by atoms with van der Waals surface area (Å²) >= 11 is 2.34. The molecule has 3 rings (SSSR count). The number of fused-ring (bicyclic) bond motifs is 1. The van der Waals surface area contributed by atoms with E-state index < -0.39 is 0 Å². The highest BCUT2D eigenvalue weighted by molar-refractivity contribution is 14.1. The Hall–Kier alpha value is -0.580. The molecular formula is C10H9IN2. The van der Waals surface area contributed by atoms with Crippen molar-refractivity contribution in [2.24, 2.45) is 0 Å². The molecule has 1 fully saturated rings. The molecule has 2 nitrogen and oxygen atoms in total. The summed E-state index contributed by atoms with van der Waals surface area (Å²) in [6.07, 6.45) is 6.70. The summed E-state index contributed by atoms with van der Waals surface area (Å²) in [5, 5.41) is 1.27. The third-order valence-electron chi connectivity index (χ3n) is 2.55. The number of rotatable bonds is 1. The molecule has 0 radical (unpaired) electrons. The molecule has 1 aliphatic rings. The number of hydrogen-bond acceptors (Lipinski definition) is 1. The maximum Gasteiger partial charge on any atom is 0.138 e. The van der Waals surface area contributed by atoms with Gasteiger partial charge in [0.1, 0.15) is 5.65 Å². The molecule has 1 N–H and O–H groups in total. The van der Waals surface area contributed by atoms with Crippen molar-refractivity contribution >= 4 is 33.6 Å². The van der Waals surface area contributed by atoms with Crippen LogP contribution >= 0.6 is 22.6 Å². The van der Waals surface area contributed by atoms with Crippen molar-refractivity contribution in [1.29, 1.82) is 0 Å². The zero-order valence-corrected chi connectivity index (χ0v) is 9.21. The Kier molecular flexibility index (Phi) is 1.62. The first-order valence-corrected chi connectivity index (χ1v) is 5.55. The molecule has 0 amide bonds. The van der Waals surface area contributed by atoms with Crippen LogP contribution in [-0.2, 0) is 0 Å². The molecule has 2 aromatic rings. The summed E-state index contributed by atoms with van der Waals surface area (Å²) in [5.41, 5.74) is 2.42. The lowest BCUT2D eigenvalue weighted by Gasteiger charge is -1.96. The van der Waals surface area contributed by atoms with E-state index in [0.29, 0.717) is 0 Å². The second-order valence-corrected chi connectivity index (χ2v) is 4.74. The molecule has 1 aliphatic carbocycles. The monoisotopic (exact) mass is 284 g/mol. The van der Waals surface area contributed by atoms with Crippen molar-refractivity contribution in [2.75, 3.05) is 0 Å². The van der Waals surface area contributed by atoms with Crippen LogP contribution in [0.5, 0.6) is 0 Å². The quantitative estimate of drug-likeness (QED) is 0.801. The van der Waals surface area contributed by atoms with Gasteiger partial charge in [0, 0.05) is 21.4 Å². The average Bonchev–Trinajstić information content (AvgIpc) is 2.93. The first-order valence-electron chi connectivity index (χ1n) is 4.47. The lowest BCUT2D eigenvalue weighted by Crippen LogP contribution is -1.83. The highest BCUT2D eigenvalue weighted by atomic mass is 127. The standard InChI is InChI=1S/C10H9IN2/c11-9-5-13-10-8(9)3-7(4-12-10)6-1-2-6/h3-6H,1-2H2,(H,12,13). The summed E-state index contributed by atoms with van der Waals surface area (Å²) in [5.74, 6) is 0.794. The van der Waals surface area contributed by atoms with Gasteiger partial charge in [-0.05, 0) is 53.0 Å². The lowest BCUT2D eigenvalue weighted by atomic mass is 10.1. The molecule has 0 aromatic carbocycles. The fourth-order valence-electron chi connectivity index (χ4n) is 1.63. The second-order valence-electron chi connectivity index (χ2n) is 3.58. The van der Waals surface area contributed by atoms with Gasteiger partial charge < -0.3 is 4.98 Å². The molecule has 0 unspecified atom stereocenters. The number of pyridine rings is 1. The molecule has 2 aromatic heterocycles. The highest BCUT2D eigenvalue weighted by Crippen LogP contribution is 2.40. The molecule has 66 valence electrons. The molecule has 0 bridgehead atoms. The highest BCUT2D eigenvalue weighted by Gasteiger charge is 2.24. The summed E-state index contributed by atoms with van der Waals surface area (Å²) in [7, 11) is 0. The maximum absolute atomic E-state index is 4.40. The average molecular weight is 284 g/mol. The Bertz CT molecular complexity index is 457. The normalized spacial score (nSPS) is 16.7. The SMILES string of the molecule is Ic1c[nH]c2ncc(C3CC3)cc12.